The Morgan fingerprint density at radius 3 is 2.80 bits per heavy atom. The van der Waals surface area contributed by atoms with Gasteiger partial charge in [0.25, 0.3) is 0 Å². The number of rotatable bonds is 1. The van der Waals surface area contributed by atoms with Crippen LogP contribution in [-0.4, -0.2) is 15.4 Å². The van der Waals surface area contributed by atoms with Crippen molar-refractivity contribution in [2.75, 3.05) is 0 Å². The molecule has 0 aromatic carbocycles. The summed E-state index contributed by atoms with van der Waals surface area (Å²) >= 11 is 0. The Hall–Kier alpha value is -0.830. The van der Waals surface area contributed by atoms with Crippen molar-refractivity contribution >= 4 is 0 Å². The first-order valence-corrected chi connectivity index (χ1v) is 5.63. The van der Waals surface area contributed by atoms with Crippen molar-refractivity contribution in [3.05, 3.63) is 18.0 Å². The third-order valence-corrected chi connectivity index (χ3v) is 3.01. The molecule has 0 spiro atoms. The molecule has 0 saturated carbocycles. The molecule has 3 nitrogen and oxygen atoms in total. The molecule has 1 fully saturated rings. The maximum atomic E-state index is 6.09. The molecule has 2 unspecified atom stereocenters. The average Bonchev–Trinajstić information content (AvgIpc) is 2.48. The van der Waals surface area contributed by atoms with Gasteiger partial charge in [-0.1, -0.05) is 6.92 Å². The second kappa shape index (κ2) is 3.63. The fourth-order valence-corrected chi connectivity index (χ4v) is 2.58. The Kier molecular flexibility index (Phi) is 2.59. The van der Waals surface area contributed by atoms with Gasteiger partial charge in [0.2, 0.25) is 0 Å². The normalized spacial score (nSPS) is 30.4. The molecule has 0 aliphatic carbocycles. The number of hydrogen-bond acceptors (Lipinski definition) is 2. The molecule has 1 aliphatic heterocycles. The van der Waals surface area contributed by atoms with E-state index in [9.17, 15) is 0 Å². The van der Waals surface area contributed by atoms with Crippen molar-refractivity contribution in [2.45, 2.75) is 45.3 Å². The van der Waals surface area contributed by atoms with Gasteiger partial charge in [-0.15, -0.1) is 0 Å². The molecule has 1 aromatic rings. The lowest BCUT2D eigenvalue weighted by molar-refractivity contribution is -0.125. The lowest BCUT2D eigenvalue weighted by atomic mass is 9.85. The molecule has 0 bridgehead atoms. The number of nitrogens with zero attached hydrogens (tertiary/aromatic N) is 2. The zero-order valence-corrected chi connectivity index (χ0v) is 10.0. The van der Waals surface area contributed by atoms with Crippen molar-refractivity contribution < 1.29 is 4.74 Å². The third kappa shape index (κ3) is 2.40. The minimum atomic E-state index is -0.00181. The van der Waals surface area contributed by atoms with E-state index in [1.165, 1.54) is 5.56 Å². The topological polar surface area (TPSA) is 27.1 Å². The highest BCUT2D eigenvalue weighted by atomic mass is 16.5. The van der Waals surface area contributed by atoms with Gasteiger partial charge in [0.1, 0.15) is 0 Å². The highest BCUT2D eigenvalue weighted by Gasteiger charge is 2.33. The molecule has 0 N–H and O–H groups in total. The summed E-state index contributed by atoms with van der Waals surface area (Å²) in [6.07, 6.45) is 6.44. The zero-order chi connectivity index (χ0) is 11.1. The Morgan fingerprint density at radius 1 is 1.53 bits per heavy atom. The summed E-state index contributed by atoms with van der Waals surface area (Å²) < 4.78 is 7.93. The number of hydrogen-bond donors (Lipinski definition) is 0. The van der Waals surface area contributed by atoms with E-state index in [1.807, 2.05) is 17.9 Å². The van der Waals surface area contributed by atoms with Crippen LogP contribution >= 0.6 is 0 Å². The number of ether oxygens (including phenoxy) is 1. The molecule has 15 heavy (non-hydrogen) atoms. The van der Waals surface area contributed by atoms with Crippen LogP contribution in [-0.2, 0) is 11.8 Å². The molecule has 3 heteroatoms. The van der Waals surface area contributed by atoms with Gasteiger partial charge < -0.3 is 4.74 Å². The van der Waals surface area contributed by atoms with Gasteiger partial charge in [0.15, 0.2) is 0 Å². The molecule has 2 heterocycles. The summed E-state index contributed by atoms with van der Waals surface area (Å²) in [7, 11) is 1.95. The third-order valence-electron chi connectivity index (χ3n) is 3.01. The molecule has 84 valence electrons. The smallest absolute Gasteiger partial charge is 0.0865 e. The predicted octanol–water partition coefficient (Wildman–Crippen LogP) is 2.69. The van der Waals surface area contributed by atoms with E-state index in [2.05, 4.69) is 32.1 Å². The Bertz CT molecular complexity index is 343. The van der Waals surface area contributed by atoms with Gasteiger partial charge in [-0.25, -0.2) is 0 Å². The van der Waals surface area contributed by atoms with Crippen LogP contribution in [0.15, 0.2) is 12.4 Å². The van der Waals surface area contributed by atoms with Crippen LogP contribution < -0.4 is 0 Å². The van der Waals surface area contributed by atoms with Gasteiger partial charge in [0.05, 0.1) is 17.9 Å². The first kappa shape index (κ1) is 10.7. The predicted molar refractivity (Wildman–Crippen MR) is 59.5 cm³/mol. The monoisotopic (exact) mass is 208 g/mol. The molecule has 2 atom stereocenters. The summed E-state index contributed by atoms with van der Waals surface area (Å²) in [6, 6.07) is 0. The molecule has 1 aliphatic rings. The van der Waals surface area contributed by atoms with Crippen LogP contribution in [0.1, 0.15) is 45.3 Å². The SMILES string of the molecule is CC1CC(c2cnn(C)c2)OC(C)(C)C1. The standard InChI is InChI=1S/C12H20N2O/c1-9-5-11(15-12(2,3)6-9)10-7-13-14(4)8-10/h7-9,11H,5-6H2,1-4H3. The van der Waals surface area contributed by atoms with E-state index >= 15 is 0 Å². The van der Waals surface area contributed by atoms with Crippen LogP contribution in [0.3, 0.4) is 0 Å². The largest absolute Gasteiger partial charge is 0.368 e. The Labute approximate surface area is 91.4 Å². The van der Waals surface area contributed by atoms with Gasteiger partial charge in [-0.2, -0.15) is 5.10 Å². The van der Waals surface area contributed by atoms with Crippen molar-refractivity contribution in [2.24, 2.45) is 13.0 Å². The lowest BCUT2D eigenvalue weighted by Crippen LogP contribution is -2.34. The molecule has 0 radical (unpaired) electrons. The fraction of sp³-hybridized carbons (Fsp3) is 0.750. The first-order valence-electron chi connectivity index (χ1n) is 5.63. The highest BCUT2D eigenvalue weighted by Crippen LogP contribution is 2.39. The van der Waals surface area contributed by atoms with Crippen LogP contribution in [0.25, 0.3) is 0 Å². The van der Waals surface area contributed by atoms with Crippen molar-refractivity contribution in [3.63, 3.8) is 0 Å². The van der Waals surface area contributed by atoms with Crippen LogP contribution in [0.5, 0.6) is 0 Å². The van der Waals surface area contributed by atoms with Crippen LogP contribution in [0.2, 0.25) is 0 Å². The molecular weight excluding hydrogens is 188 g/mol. The van der Waals surface area contributed by atoms with E-state index in [0.717, 1.165) is 18.8 Å². The fourth-order valence-electron chi connectivity index (χ4n) is 2.58. The Morgan fingerprint density at radius 2 is 2.27 bits per heavy atom. The van der Waals surface area contributed by atoms with Gasteiger partial charge >= 0.3 is 0 Å². The van der Waals surface area contributed by atoms with Crippen LogP contribution in [0.4, 0.5) is 0 Å². The van der Waals surface area contributed by atoms with Gasteiger partial charge in [0, 0.05) is 18.8 Å². The first-order chi connectivity index (χ1) is 6.96. The van der Waals surface area contributed by atoms with E-state index in [1.54, 1.807) is 0 Å². The summed E-state index contributed by atoms with van der Waals surface area (Å²) in [5.74, 6) is 0.721. The number of aryl methyl sites for hydroxylation is 1. The van der Waals surface area contributed by atoms with E-state index < -0.39 is 0 Å². The second-order valence-corrected chi connectivity index (χ2v) is 5.36. The molecule has 2 rings (SSSR count). The quantitative estimate of drug-likeness (QED) is 0.709. The molecule has 0 amide bonds. The molecule has 1 saturated heterocycles. The zero-order valence-electron chi connectivity index (χ0n) is 10.0. The summed E-state index contributed by atoms with van der Waals surface area (Å²) in [5, 5.41) is 4.20. The highest BCUT2D eigenvalue weighted by molar-refractivity contribution is 5.09. The minimum absolute atomic E-state index is 0.00181. The van der Waals surface area contributed by atoms with E-state index in [4.69, 9.17) is 4.74 Å². The van der Waals surface area contributed by atoms with Crippen molar-refractivity contribution in [3.8, 4) is 0 Å². The van der Waals surface area contributed by atoms with E-state index in [0.29, 0.717) is 0 Å². The van der Waals surface area contributed by atoms with Crippen molar-refractivity contribution in [1.82, 2.24) is 9.78 Å². The number of aromatic nitrogens is 2. The van der Waals surface area contributed by atoms with Crippen molar-refractivity contribution in [1.29, 1.82) is 0 Å². The van der Waals surface area contributed by atoms with Crippen LogP contribution in [0, 0.1) is 5.92 Å². The summed E-state index contributed by atoms with van der Waals surface area (Å²) in [4.78, 5) is 0. The lowest BCUT2D eigenvalue weighted by Gasteiger charge is -2.39. The second-order valence-electron chi connectivity index (χ2n) is 5.36. The molecule has 1 aromatic heterocycles. The summed E-state index contributed by atoms with van der Waals surface area (Å²) in [5.41, 5.74) is 1.20. The Balaban J connectivity index is 2.16. The average molecular weight is 208 g/mol. The maximum absolute atomic E-state index is 6.09. The van der Waals surface area contributed by atoms with E-state index in [-0.39, 0.29) is 11.7 Å². The summed E-state index contributed by atoms with van der Waals surface area (Å²) in [6.45, 7) is 6.64. The maximum Gasteiger partial charge on any atom is 0.0865 e. The van der Waals surface area contributed by atoms with Gasteiger partial charge in [-0.3, -0.25) is 4.68 Å². The molecular formula is C12H20N2O. The minimum Gasteiger partial charge on any atom is -0.368 e. The van der Waals surface area contributed by atoms with Gasteiger partial charge in [-0.05, 0) is 32.6 Å².